The maximum absolute atomic E-state index is 14.0. The average molecular weight is 300 g/mol. The standard InChI is InChI=1S/C14H15ClFNOS/c1-9(18)11-4-3-5-12(16)14(11)17(2)8-10-6-7-13(15)19-10/h3-7,9,18H,8H2,1-2H3/t9-/m1/s1. The van der Waals surface area contributed by atoms with Gasteiger partial charge in [-0.15, -0.1) is 11.3 Å². The van der Waals surface area contributed by atoms with Gasteiger partial charge in [0.1, 0.15) is 5.82 Å². The molecule has 0 aliphatic carbocycles. The molecule has 1 aromatic heterocycles. The van der Waals surface area contributed by atoms with Gasteiger partial charge in [-0.1, -0.05) is 23.7 Å². The molecule has 0 unspecified atom stereocenters. The van der Waals surface area contributed by atoms with E-state index in [1.807, 2.05) is 12.1 Å². The molecule has 0 aliphatic heterocycles. The summed E-state index contributed by atoms with van der Waals surface area (Å²) in [5.74, 6) is -0.330. The van der Waals surface area contributed by atoms with Crippen molar-refractivity contribution in [3.05, 3.63) is 50.9 Å². The number of aliphatic hydroxyl groups excluding tert-OH is 1. The molecule has 0 amide bonds. The molecule has 0 aliphatic rings. The summed E-state index contributed by atoms with van der Waals surface area (Å²) in [5, 5.41) is 9.74. The zero-order chi connectivity index (χ0) is 14.0. The molecule has 0 saturated carbocycles. The number of halogens is 2. The van der Waals surface area contributed by atoms with Gasteiger partial charge in [0.05, 0.1) is 22.7 Å². The van der Waals surface area contributed by atoms with Gasteiger partial charge in [0.2, 0.25) is 0 Å². The summed E-state index contributed by atoms with van der Waals surface area (Å²) in [6, 6.07) is 8.50. The highest BCUT2D eigenvalue weighted by atomic mass is 35.5. The van der Waals surface area contributed by atoms with Gasteiger partial charge in [0.25, 0.3) is 0 Å². The van der Waals surface area contributed by atoms with Gasteiger partial charge < -0.3 is 10.0 Å². The third kappa shape index (κ3) is 3.26. The van der Waals surface area contributed by atoms with Gasteiger partial charge in [0, 0.05) is 17.5 Å². The molecule has 1 heterocycles. The van der Waals surface area contributed by atoms with Crippen LogP contribution in [0.3, 0.4) is 0 Å². The first kappa shape index (κ1) is 14.3. The second kappa shape index (κ2) is 5.90. The van der Waals surface area contributed by atoms with E-state index in [9.17, 15) is 9.50 Å². The SMILES string of the molecule is C[C@@H](O)c1cccc(F)c1N(C)Cc1ccc(Cl)s1. The number of hydrogen-bond donors (Lipinski definition) is 1. The molecule has 0 radical (unpaired) electrons. The van der Waals surface area contributed by atoms with Crippen LogP contribution in [-0.2, 0) is 6.54 Å². The van der Waals surface area contributed by atoms with Crippen LogP contribution >= 0.6 is 22.9 Å². The summed E-state index contributed by atoms with van der Waals surface area (Å²) in [5.41, 5.74) is 1.02. The first-order valence-corrected chi connectivity index (χ1v) is 7.10. The molecule has 2 rings (SSSR count). The number of hydrogen-bond acceptors (Lipinski definition) is 3. The van der Waals surface area contributed by atoms with Crippen LogP contribution in [0.4, 0.5) is 10.1 Å². The Balaban J connectivity index is 2.30. The maximum atomic E-state index is 14.0. The Bertz CT molecular complexity index is 570. The Morgan fingerprint density at radius 3 is 2.68 bits per heavy atom. The molecule has 2 nitrogen and oxygen atoms in total. The molecule has 0 spiro atoms. The van der Waals surface area contributed by atoms with Gasteiger partial charge in [-0.2, -0.15) is 0 Å². The van der Waals surface area contributed by atoms with Gasteiger partial charge >= 0.3 is 0 Å². The predicted octanol–water partition coefficient (Wildman–Crippen LogP) is 4.23. The maximum Gasteiger partial charge on any atom is 0.146 e. The molecule has 19 heavy (non-hydrogen) atoms. The largest absolute Gasteiger partial charge is 0.389 e. The highest BCUT2D eigenvalue weighted by Crippen LogP contribution is 2.31. The van der Waals surface area contributed by atoms with Crippen LogP contribution in [0.25, 0.3) is 0 Å². The monoisotopic (exact) mass is 299 g/mol. The van der Waals surface area contributed by atoms with Crippen molar-refractivity contribution in [3.8, 4) is 0 Å². The number of anilines is 1. The lowest BCUT2D eigenvalue weighted by molar-refractivity contribution is 0.199. The lowest BCUT2D eigenvalue weighted by atomic mass is 10.1. The third-order valence-electron chi connectivity index (χ3n) is 2.87. The van der Waals surface area contributed by atoms with Crippen molar-refractivity contribution < 1.29 is 9.50 Å². The molecule has 1 N–H and O–H groups in total. The van der Waals surface area contributed by atoms with Crippen LogP contribution in [0.2, 0.25) is 4.34 Å². The van der Waals surface area contributed by atoms with Crippen LogP contribution in [0, 0.1) is 5.82 Å². The quantitative estimate of drug-likeness (QED) is 0.913. The molecular weight excluding hydrogens is 285 g/mol. The van der Waals surface area contributed by atoms with Crippen LogP contribution in [-0.4, -0.2) is 12.2 Å². The summed E-state index contributed by atoms with van der Waals surface area (Å²) in [7, 11) is 1.80. The van der Waals surface area contributed by atoms with E-state index in [-0.39, 0.29) is 5.82 Å². The van der Waals surface area contributed by atoms with E-state index in [4.69, 9.17) is 11.6 Å². The van der Waals surface area contributed by atoms with Crippen molar-refractivity contribution in [2.75, 3.05) is 11.9 Å². The van der Waals surface area contributed by atoms with Crippen molar-refractivity contribution >= 4 is 28.6 Å². The Morgan fingerprint density at radius 1 is 1.37 bits per heavy atom. The van der Waals surface area contributed by atoms with E-state index in [1.165, 1.54) is 17.4 Å². The molecule has 0 fully saturated rings. The van der Waals surface area contributed by atoms with Crippen LogP contribution in [0.5, 0.6) is 0 Å². The highest BCUT2D eigenvalue weighted by molar-refractivity contribution is 7.16. The van der Waals surface area contributed by atoms with Gasteiger partial charge in [-0.05, 0) is 25.1 Å². The number of thiophene rings is 1. The van der Waals surface area contributed by atoms with Crippen LogP contribution < -0.4 is 4.90 Å². The number of rotatable bonds is 4. The molecular formula is C14H15ClFNOS. The number of aliphatic hydroxyl groups is 1. The summed E-state index contributed by atoms with van der Waals surface area (Å²) in [6.45, 7) is 2.19. The second-order valence-electron chi connectivity index (χ2n) is 4.42. The smallest absolute Gasteiger partial charge is 0.146 e. The second-order valence-corrected chi connectivity index (χ2v) is 6.22. The van der Waals surface area contributed by atoms with E-state index in [1.54, 1.807) is 31.0 Å². The van der Waals surface area contributed by atoms with E-state index >= 15 is 0 Å². The Labute approximate surface area is 121 Å². The van der Waals surface area contributed by atoms with Crippen molar-refractivity contribution in [1.29, 1.82) is 0 Å². The van der Waals surface area contributed by atoms with Gasteiger partial charge in [-0.25, -0.2) is 4.39 Å². The van der Waals surface area contributed by atoms with E-state index < -0.39 is 6.10 Å². The summed E-state index contributed by atoms with van der Waals surface area (Å²) in [6.07, 6.45) is -0.708. The fourth-order valence-electron chi connectivity index (χ4n) is 2.02. The molecule has 102 valence electrons. The molecule has 0 saturated heterocycles. The minimum Gasteiger partial charge on any atom is -0.389 e. The topological polar surface area (TPSA) is 23.5 Å². The number of benzene rings is 1. The first-order chi connectivity index (χ1) is 8.99. The number of para-hydroxylation sites is 1. The molecule has 1 aromatic carbocycles. The zero-order valence-electron chi connectivity index (χ0n) is 10.7. The Hall–Kier alpha value is -1.10. The minimum atomic E-state index is -0.708. The average Bonchev–Trinajstić information content (AvgIpc) is 2.74. The predicted molar refractivity (Wildman–Crippen MR) is 78.5 cm³/mol. The lowest BCUT2D eigenvalue weighted by Gasteiger charge is -2.23. The molecule has 2 aromatic rings. The fourth-order valence-corrected chi connectivity index (χ4v) is 3.16. The zero-order valence-corrected chi connectivity index (χ0v) is 12.3. The molecule has 1 atom stereocenters. The normalized spacial score (nSPS) is 12.5. The lowest BCUT2D eigenvalue weighted by Crippen LogP contribution is -2.19. The van der Waals surface area contributed by atoms with E-state index in [0.717, 1.165) is 4.88 Å². The summed E-state index contributed by atoms with van der Waals surface area (Å²) >= 11 is 7.36. The first-order valence-electron chi connectivity index (χ1n) is 5.91. The van der Waals surface area contributed by atoms with Gasteiger partial charge in [0.15, 0.2) is 0 Å². The van der Waals surface area contributed by atoms with Crippen LogP contribution in [0.1, 0.15) is 23.5 Å². The Morgan fingerprint density at radius 2 is 2.11 bits per heavy atom. The molecule has 5 heteroatoms. The van der Waals surface area contributed by atoms with Crippen molar-refractivity contribution in [2.24, 2.45) is 0 Å². The van der Waals surface area contributed by atoms with E-state index in [2.05, 4.69) is 0 Å². The van der Waals surface area contributed by atoms with Crippen molar-refractivity contribution in [2.45, 2.75) is 19.6 Å². The summed E-state index contributed by atoms with van der Waals surface area (Å²) < 4.78 is 14.7. The van der Waals surface area contributed by atoms with Crippen molar-refractivity contribution in [3.63, 3.8) is 0 Å². The minimum absolute atomic E-state index is 0.330. The molecule has 0 bridgehead atoms. The van der Waals surface area contributed by atoms with E-state index in [0.29, 0.717) is 22.1 Å². The van der Waals surface area contributed by atoms with Crippen molar-refractivity contribution in [1.82, 2.24) is 0 Å². The fraction of sp³-hybridized carbons (Fsp3) is 0.286. The van der Waals surface area contributed by atoms with Crippen LogP contribution in [0.15, 0.2) is 30.3 Å². The summed E-state index contributed by atoms with van der Waals surface area (Å²) in [4.78, 5) is 2.84. The number of nitrogens with zero attached hydrogens (tertiary/aromatic N) is 1. The Kier molecular flexibility index (Phi) is 4.45. The third-order valence-corrected chi connectivity index (χ3v) is 4.09. The van der Waals surface area contributed by atoms with Gasteiger partial charge in [-0.3, -0.25) is 0 Å². The highest BCUT2D eigenvalue weighted by Gasteiger charge is 2.16.